The first-order valence-corrected chi connectivity index (χ1v) is 5.48. The van der Waals surface area contributed by atoms with Crippen molar-refractivity contribution in [2.45, 2.75) is 12.5 Å². The van der Waals surface area contributed by atoms with Gasteiger partial charge in [0, 0.05) is 12.6 Å². The lowest BCUT2D eigenvalue weighted by atomic mass is 9.96. The summed E-state index contributed by atoms with van der Waals surface area (Å²) in [4.78, 5) is 21.9. The largest absolute Gasteiger partial charge is 0.481 e. The maximum atomic E-state index is 13.0. The number of aliphatic carboxylic acids is 1. The van der Waals surface area contributed by atoms with Crippen LogP contribution in [0.2, 0.25) is 0 Å². The van der Waals surface area contributed by atoms with Crippen molar-refractivity contribution in [1.29, 1.82) is 0 Å². The van der Waals surface area contributed by atoms with Crippen LogP contribution in [0.25, 0.3) is 0 Å². The first-order valence-electron chi connectivity index (χ1n) is 5.48. The highest BCUT2D eigenvalue weighted by Gasteiger charge is 2.32. The van der Waals surface area contributed by atoms with Gasteiger partial charge in [-0.25, -0.2) is 9.18 Å². The number of hydrogen-bond acceptors (Lipinski definition) is 3. The van der Waals surface area contributed by atoms with Crippen LogP contribution < -0.4 is 5.32 Å². The number of carbonyl (C=O) groups is 2. The van der Waals surface area contributed by atoms with E-state index in [9.17, 15) is 14.0 Å². The van der Waals surface area contributed by atoms with Crippen molar-refractivity contribution in [3.05, 3.63) is 35.1 Å². The number of aromatic carboxylic acids is 1. The average molecular weight is 253 g/mol. The van der Waals surface area contributed by atoms with E-state index in [1.165, 1.54) is 12.1 Å². The number of halogens is 1. The molecule has 5 nitrogen and oxygen atoms in total. The number of carboxylic acid groups (broad SMARTS) is 2. The lowest BCUT2D eigenvalue weighted by Crippen LogP contribution is -2.18. The molecule has 1 saturated heterocycles. The molecule has 2 unspecified atom stereocenters. The zero-order valence-corrected chi connectivity index (χ0v) is 9.39. The third kappa shape index (κ3) is 2.33. The third-order valence-electron chi connectivity index (χ3n) is 3.10. The molecule has 0 radical (unpaired) electrons. The molecule has 0 bridgehead atoms. The van der Waals surface area contributed by atoms with E-state index in [1.807, 2.05) is 0 Å². The van der Waals surface area contributed by atoms with Gasteiger partial charge < -0.3 is 15.5 Å². The highest BCUT2D eigenvalue weighted by molar-refractivity contribution is 5.89. The second kappa shape index (κ2) is 4.73. The number of hydrogen-bond donors (Lipinski definition) is 3. The number of nitrogens with one attached hydrogen (secondary N) is 1. The highest BCUT2D eigenvalue weighted by atomic mass is 19.1. The third-order valence-corrected chi connectivity index (χ3v) is 3.10. The number of benzene rings is 1. The van der Waals surface area contributed by atoms with Crippen LogP contribution in [-0.2, 0) is 4.79 Å². The van der Waals surface area contributed by atoms with Gasteiger partial charge >= 0.3 is 11.9 Å². The van der Waals surface area contributed by atoms with Gasteiger partial charge in [0.2, 0.25) is 0 Å². The average Bonchev–Trinajstić information content (AvgIpc) is 2.78. The van der Waals surface area contributed by atoms with Gasteiger partial charge in [-0.05, 0) is 24.1 Å². The van der Waals surface area contributed by atoms with Gasteiger partial charge in [0.15, 0.2) is 0 Å². The second-order valence-corrected chi connectivity index (χ2v) is 4.27. The number of carboxylic acids is 2. The molecule has 0 amide bonds. The molecule has 2 atom stereocenters. The summed E-state index contributed by atoms with van der Waals surface area (Å²) in [5.41, 5.74) is 0.297. The van der Waals surface area contributed by atoms with Crippen molar-refractivity contribution in [3.63, 3.8) is 0 Å². The van der Waals surface area contributed by atoms with Gasteiger partial charge in [-0.2, -0.15) is 0 Å². The minimum absolute atomic E-state index is 0.126. The fourth-order valence-electron chi connectivity index (χ4n) is 2.18. The van der Waals surface area contributed by atoms with Crippen molar-refractivity contribution in [2.75, 3.05) is 6.54 Å². The second-order valence-electron chi connectivity index (χ2n) is 4.27. The fraction of sp³-hybridized carbons (Fsp3) is 0.333. The summed E-state index contributed by atoms with van der Waals surface area (Å²) >= 11 is 0. The van der Waals surface area contributed by atoms with Crippen molar-refractivity contribution in [3.8, 4) is 0 Å². The van der Waals surface area contributed by atoms with Gasteiger partial charge in [0.1, 0.15) is 5.82 Å². The Kier molecular flexibility index (Phi) is 3.29. The van der Waals surface area contributed by atoms with Crippen LogP contribution in [0.15, 0.2) is 18.2 Å². The van der Waals surface area contributed by atoms with E-state index in [1.54, 1.807) is 0 Å². The molecule has 1 aromatic rings. The molecule has 18 heavy (non-hydrogen) atoms. The molecule has 1 aliphatic heterocycles. The molecule has 96 valence electrons. The summed E-state index contributed by atoms with van der Waals surface area (Å²) in [5, 5.41) is 20.9. The topological polar surface area (TPSA) is 86.6 Å². The van der Waals surface area contributed by atoms with E-state index in [4.69, 9.17) is 10.2 Å². The van der Waals surface area contributed by atoms with Crippen LogP contribution in [0.3, 0.4) is 0 Å². The maximum absolute atomic E-state index is 13.0. The van der Waals surface area contributed by atoms with Crippen molar-refractivity contribution >= 4 is 11.9 Å². The first-order chi connectivity index (χ1) is 8.49. The first kappa shape index (κ1) is 12.5. The Labute approximate surface area is 102 Å². The Bertz CT molecular complexity index is 503. The Hall–Kier alpha value is -1.95. The molecule has 1 aliphatic rings. The number of rotatable bonds is 3. The summed E-state index contributed by atoms with van der Waals surface area (Å²) in [6, 6.07) is 3.16. The quantitative estimate of drug-likeness (QED) is 0.755. The zero-order valence-electron chi connectivity index (χ0n) is 9.39. The van der Waals surface area contributed by atoms with Gasteiger partial charge in [-0.15, -0.1) is 0 Å². The van der Waals surface area contributed by atoms with Crippen molar-refractivity contribution in [2.24, 2.45) is 5.92 Å². The molecular formula is C12H12FNO4. The lowest BCUT2D eigenvalue weighted by molar-refractivity contribution is -0.141. The van der Waals surface area contributed by atoms with E-state index in [2.05, 4.69) is 5.32 Å². The van der Waals surface area contributed by atoms with E-state index < -0.39 is 23.7 Å². The van der Waals surface area contributed by atoms with Crippen LogP contribution >= 0.6 is 0 Å². The van der Waals surface area contributed by atoms with Crippen LogP contribution in [0.1, 0.15) is 28.4 Å². The highest BCUT2D eigenvalue weighted by Crippen LogP contribution is 2.30. The molecule has 0 spiro atoms. The van der Waals surface area contributed by atoms with E-state index in [0.29, 0.717) is 12.0 Å². The summed E-state index contributed by atoms with van der Waals surface area (Å²) in [6.45, 7) is 0.288. The van der Waals surface area contributed by atoms with Gasteiger partial charge in [0.05, 0.1) is 11.5 Å². The Morgan fingerprint density at radius 1 is 1.33 bits per heavy atom. The van der Waals surface area contributed by atoms with Crippen molar-refractivity contribution in [1.82, 2.24) is 5.32 Å². The predicted octanol–water partition coefficient (Wildman–Crippen LogP) is 1.26. The molecule has 3 N–H and O–H groups in total. The van der Waals surface area contributed by atoms with Crippen molar-refractivity contribution < 1.29 is 24.2 Å². The Balaban J connectivity index is 2.29. The van der Waals surface area contributed by atoms with E-state index in [0.717, 1.165) is 6.07 Å². The standard InChI is InChI=1S/C12H12FNO4/c13-7-1-2-8(9(4-7)12(17)18)10-3-6(5-14-10)11(15)16/h1-2,4,6,10,14H,3,5H2,(H,15,16)(H,17,18). The van der Waals surface area contributed by atoms with Crippen LogP contribution in [-0.4, -0.2) is 28.7 Å². The summed E-state index contributed by atoms with van der Waals surface area (Å²) in [5.74, 6) is -3.29. The smallest absolute Gasteiger partial charge is 0.336 e. The molecule has 2 rings (SSSR count). The zero-order chi connectivity index (χ0) is 13.3. The molecule has 0 aromatic heterocycles. The lowest BCUT2D eigenvalue weighted by Gasteiger charge is -2.13. The molecular weight excluding hydrogens is 241 g/mol. The Morgan fingerprint density at radius 2 is 2.06 bits per heavy atom. The minimum Gasteiger partial charge on any atom is -0.481 e. The van der Waals surface area contributed by atoms with Crippen LogP contribution in [0.5, 0.6) is 0 Å². The summed E-state index contributed by atoms with van der Waals surface area (Å²) in [7, 11) is 0. The van der Waals surface area contributed by atoms with Gasteiger partial charge in [-0.3, -0.25) is 4.79 Å². The molecule has 1 aromatic carbocycles. The summed E-state index contributed by atoms with van der Waals surface area (Å²) < 4.78 is 13.0. The SMILES string of the molecule is O=C(O)c1cc(F)ccc1C1CC(C(=O)O)CN1. The normalized spacial score (nSPS) is 22.9. The van der Waals surface area contributed by atoms with Crippen LogP contribution in [0, 0.1) is 11.7 Å². The predicted molar refractivity (Wildman–Crippen MR) is 59.8 cm³/mol. The summed E-state index contributed by atoms with van der Waals surface area (Å²) in [6.07, 6.45) is 0.307. The van der Waals surface area contributed by atoms with Gasteiger partial charge in [-0.1, -0.05) is 6.07 Å². The molecule has 0 saturated carbocycles. The monoisotopic (exact) mass is 253 g/mol. The Morgan fingerprint density at radius 3 is 2.61 bits per heavy atom. The van der Waals surface area contributed by atoms with Gasteiger partial charge in [0.25, 0.3) is 0 Å². The maximum Gasteiger partial charge on any atom is 0.336 e. The molecule has 1 heterocycles. The van der Waals surface area contributed by atoms with E-state index >= 15 is 0 Å². The fourth-order valence-corrected chi connectivity index (χ4v) is 2.18. The van der Waals surface area contributed by atoms with Crippen LogP contribution in [0.4, 0.5) is 4.39 Å². The molecule has 6 heteroatoms. The molecule has 1 fully saturated rings. The minimum atomic E-state index is -1.22. The van der Waals surface area contributed by atoms with E-state index in [-0.39, 0.29) is 18.2 Å². The molecule has 0 aliphatic carbocycles.